The third-order valence-corrected chi connectivity index (χ3v) is 3.46. The standard InChI is InChI=1S/C13H19N5O/c19-13-16-11(14-10-6-2-1-3-7-10)15-12(17-13)18-8-4-5-9-18/h1-3,6-7,11-12,14-15H,4-5,8-9H2,(H2,16,17,19). The zero-order valence-electron chi connectivity index (χ0n) is 10.7. The summed E-state index contributed by atoms with van der Waals surface area (Å²) >= 11 is 0. The minimum Gasteiger partial charge on any atom is -0.353 e. The van der Waals surface area contributed by atoms with Crippen LogP contribution in [0.3, 0.4) is 0 Å². The maximum atomic E-state index is 11.7. The van der Waals surface area contributed by atoms with Crippen LogP contribution in [0.2, 0.25) is 0 Å². The summed E-state index contributed by atoms with van der Waals surface area (Å²) in [6.07, 6.45) is 2.02. The molecule has 0 saturated carbocycles. The molecule has 4 N–H and O–H groups in total. The Balaban J connectivity index is 1.63. The summed E-state index contributed by atoms with van der Waals surface area (Å²) in [7, 11) is 0. The van der Waals surface area contributed by atoms with E-state index >= 15 is 0 Å². The Bertz CT molecular complexity index is 432. The summed E-state index contributed by atoms with van der Waals surface area (Å²) < 4.78 is 0. The fraction of sp³-hybridized carbons (Fsp3) is 0.462. The fourth-order valence-corrected chi connectivity index (χ4v) is 2.51. The second-order valence-electron chi connectivity index (χ2n) is 4.87. The Kier molecular flexibility index (Phi) is 3.52. The van der Waals surface area contributed by atoms with Crippen LogP contribution in [0.5, 0.6) is 0 Å². The Hall–Kier alpha value is -1.79. The molecule has 2 saturated heterocycles. The topological polar surface area (TPSA) is 68.4 Å². The summed E-state index contributed by atoms with van der Waals surface area (Å²) in [5, 5.41) is 12.3. The van der Waals surface area contributed by atoms with Crippen molar-refractivity contribution in [3.63, 3.8) is 0 Å². The van der Waals surface area contributed by atoms with Gasteiger partial charge in [0.05, 0.1) is 0 Å². The van der Waals surface area contributed by atoms with Crippen molar-refractivity contribution in [2.24, 2.45) is 0 Å². The van der Waals surface area contributed by atoms with Crippen molar-refractivity contribution in [2.45, 2.75) is 25.4 Å². The van der Waals surface area contributed by atoms with Gasteiger partial charge in [-0.05, 0) is 25.0 Å². The molecule has 2 unspecified atom stereocenters. The molecule has 2 heterocycles. The highest BCUT2D eigenvalue weighted by Crippen LogP contribution is 2.11. The van der Waals surface area contributed by atoms with Crippen molar-refractivity contribution in [1.29, 1.82) is 0 Å². The van der Waals surface area contributed by atoms with E-state index in [9.17, 15) is 4.79 Å². The first-order chi connectivity index (χ1) is 9.31. The Morgan fingerprint density at radius 2 is 1.84 bits per heavy atom. The minimum atomic E-state index is -0.262. The monoisotopic (exact) mass is 261 g/mol. The Morgan fingerprint density at radius 3 is 2.58 bits per heavy atom. The van der Waals surface area contributed by atoms with Gasteiger partial charge in [0.15, 0.2) is 6.29 Å². The quantitative estimate of drug-likeness (QED) is 0.645. The van der Waals surface area contributed by atoms with Crippen LogP contribution >= 0.6 is 0 Å². The van der Waals surface area contributed by atoms with Crippen LogP contribution in [0, 0.1) is 0 Å². The molecule has 0 spiro atoms. The van der Waals surface area contributed by atoms with Gasteiger partial charge in [-0.25, -0.2) is 10.1 Å². The molecule has 0 radical (unpaired) electrons. The molecule has 0 aliphatic carbocycles. The Labute approximate surface area is 112 Å². The van der Waals surface area contributed by atoms with Crippen LogP contribution in [0.15, 0.2) is 30.3 Å². The van der Waals surface area contributed by atoms with Gasteiger partial charge in [-0.1, -0.05) is 18.2 Å². The number of amides is 2. The largest absolute Gasteiger partial charge is 0.353 e. The molecule has 102 valence electrons. The second-order valence-corrected chi connectivity index (χ2v) is 4.87. The zero-order chi connectivity index (χ0) is 13.1. The molecule has 1 aromatic carbocycles. The zero-order valence-corrected chi connectivity index (χ0v) is 10.7. The minimum absolute atomic E-state index is 0.0996. The molecule has 2 fully saturated rings. The molecular weight excluding hydrogens is 242 g/mol. The number of hydrogen-bond donors (Lipinski definition) is 4. The summed E-state index contributed by atoms with van der Waals surface area (Å²) in [5.74, 6) is 0. The van der Waals surface area contributed by atoms with Gasteiger partial charge in [-0.15, -0.1) is 0 Å². The van der Waals surface area contributed by atoms with E-state index in [1.807, 2.05) is 30.3 Å². The highest BCUT2D eigenvalue weighted by atomic mass is 16.2. The summed E-state index contributed by atoms with van der Waals surface area (Å²) in [6, 6.07) is 9.68. The fourth-order valence-electron chi connectivity index (χ4n) is 2.51. The van der Waals surface area contributed by atoms with Crippen molar-refractivity contribution >= 4 is 11.7 Å². The maximum Gasteiger partial charge on any atom is 0.319 e. The van der Waals surface area contributed by atoms with Crippen LogP contribution in [0.1, 0.15) is 12.8 Å². The molecule has 19 heavy (non-hydrogen) atoms. The van der Waals surface area contributed by atoms with Crippen molar-refractivity contribution < 1.29 is 4.79 Å². The predicted molar refractivity (Wildman–Crippen MR) is 73.3 cm³/mol. The SMILES string of the molecule is O=C1NC(Nc2ccccc2)NC(N2CCCC2)N1. The maximum absolute atomic E-state index is 11.7. The number of anilines is 1. The van der Waals surface area contributed by atoms with Crippen LogP contribution in [-0.4, -0.2) is 36.6 Å². The molecule has 2 aliphatic rings. The number of carbonyl (C=O) groups is 1. The van der Waals surface area contributed by atoms with Crippen LogP contribution in [0.25, 0.3) is 0 Å². The number of nitrogens with one attached hydrogen (secondary N) is 4. The van der Waals surface area contributed by atoms with E-state index in [4.69, 9.17) is 0 Å². The normalized spacial score (nSPS) is 27.7. The van der Waals surface area contributed by atoms with E-state index in [2.05, 4.69) is 26.2 Å². The Morgan fingerprint density at radius 1 is 1.11 bits per heavy atom. The summed E-state index contributed by atoms with van der Waals surface area (Å²) in [4.78, 5) is 14.0. The third kappa shape index (κ3) is 2.97. The molecule has 3 rings (SSSR count). The highest BCUT2D eigenvalue weighted by Gasteiger charge is 2.30. The lowest BCUT2D eigenvalue weighted by Crippen LogP contribution is -2.71. The predicted octanol–water partition coefficient (Wildman–Crippen LogP) is 0.664. The smallest absolute Gasteiger partial charge is 0.319 e. The average Bonchev–Trinajstić information content (AvgIpc) is 2.93. The molecule has 6 heteroatoms. The van der Waals surface area contributed by atoms with E-state index in [0.29, 0.717) is 0 Å². The number of carbonyl (C=O) groups excluding carboxylic acids is 1. The van der Waals surface area contributed by atoms with E-state index in [0.717, 1.165) is 18.8 Å². The molecule has 2 atom stereocenters. The van der Waals surface area contributed by atoms with Crippen molar-refractivity contribution in [3.8, 4) is 0 Å². The lowest BCUT2D eigenvalue weighted by molar-refractivity contribution is 0.129. The van der Waals surface area contributed by atoms with Crippen LogP contribution in [-0.2, 0) is 0 Å². The van der Waals surface area contributed by atoms with Crippen molar-refractivity contribution in [1.82, 2.24) is 20.9 Å². The number of rotatable bonds is 3. The van der Waals surface area contributed by atoms with E-state index in [1.54, 1.807) is 0 Å². The van der Waals surface area contributed by atoms with Gasteiger partial charge in [-0.3, -0.25) is 4.90 Å². The number of urea groups is 1. The van der Waals surface area contributed by atoms with Crippen molar-refractivity contribution in [2.75, 3.05) is 18.4 Å². The average molecular weight is 261 g/mol. The van der Waals surface area contributed by atoms with E-state index < -0.39 is 0 Å². The summed E-state index contributed by atoms with van der Waals surface area (Å²) in [6.45, 7) is 2.05. The van der Waals surface area contributed by atoms with Gasteiger partial charge >= 0.3 is 6.03 Å². The summed E-state index contributed by atoms with van der Waals surface area (Å²) in [5.41, 5.74) is 0.974. The lowest BCUT2D eigenvalue weighted by atomic mass is 10.3. The number of para-hydroxylation sites is 1. The first kappa shape index (κ1) is 12.3. The van der Waals surface area contributed by atoms with Gasteiger partial charge in [0.25, 0.3) is 0 Å². The third-order valence-electron chi connectivity index (χ3n) is 3.46. The molecule has 1 aromatic rings. The number of likely N-dealkylation sites (tertiary alicyclic amines) is 1. The lowest BCUT2D eigenvalue weighted by Gasteiger charge is -2.38. The van der Waals surface area contributed by atoms with Gasteiger partial charge < -0.3 is 16.0 Å². The van der Waals surface area contributed by atoms with Crippen LogP contribution < -0.4 is 21.3 Å². The highest BCUT2D eigenvalue weighted by molar-refractivity contribution is 5.75. The molecule has 2 aliphatic heterocycles. The number of benzene rings is 1. The van der Waals surface area contributed by atoms with Gasteiger partial charge in [0.1, 0.15) is 6.29 Å². The van der Waals surface area contributed by atoms with Gasteiger partial charge in [-0.2, -0.15) is 0 Å². The van der Waals surface area contributed by atoms with Crippen LogP contribution in [0.4, 0.5) is 10.5 Å². The molecular formula is C13H19N5O. The molecule has 0 aromatic heterocycles. The van der Waals surface area contributed by atoms with Crippen molar-refractivity contribution in [3.05, 3.63) is 30.3 Å². The molecule has 2 amide bonds. The molecule has 0 bridgehead atoms. The number of hydrogen-bond acceptors (Lipinski definition) is 4. The first-order valence-corrected chi connectivity index (χ1v) is 6.70. The van der Waals surface area contributed by atoms with Gasteiger partial charge in [0, 0.05) is 18.8 Å². The van der Waals surface area contributed by atoms with E-state index in [-0.39, 0.29) is 18.6 Å². The molecule has 6 nitrogen and oxygen atoms in total. The number of nitrogens with zero attached hydrogens (tertiary/aromatic N) is 1. The van der Waals surface area contributed by atoms with Gasteiger partial charge in [0.2, 0.25) is 0 Å². The van der Waals surface area contributed by atoms with E-state index in [1.165, 1.54) is 12.8 Å². The second kappa shape index (κ2) is 5.46. The first-order valence-electron chi connectivity index (χ1n) is 6.70.